The predicted octanol–water partition coefficient (Wildman–Crippen LogP) is 7.20. The Morgan fingerprint density at radius 3 is 2.05 bits per heavy atom. The van der Waals surface area contributed by atoms with E-state index in [0.717, 1.165) is 19.3 Å². The van der Waals surface area contributed by atoms with Crippen LogP contribution in [-0.4, -0.2) is 45.1 Å². The van der Waals surface area contributed by atoms with E-state index in [-0.39, 0.29) is 24.2 Å². The molecule has 6 heteroatoms. The normalized spacial score (nSPS) is 36.2. The maximum absolute atomic E-state index is 13.1. The van der Waals surface area contributed by atoms with Crippen LogP contribution in [-0.2, 0) is 19.1 Å². The van der Waals surface area contributed by atoms with E-state index in [4.69, 9.17) is 4.74 Å². The minimum absolute atomic E-state index is 0.113. The molecule has 0 aromatic rings. The van der Waals surface area contributed by atoms with Gasteiger partial charge in [-0.05, 0) is 36.8 Å². The number of esters is 1. The van der Waals surface area contributed by atoms with Gasteiger partial charge in [-0.2, -0.15) is 0 Å². The second-order valence-electron chi connectivity index (χ2n) is 14.7. The molecule has 2 fully saturated rings. The highest BCUT2D eigenvalue weighted by Crippen LogP contribution is 2.76. The predicted molar refractivity (Wildman–Crippen MR) is 165 cm³/mol. The van der Waals surface area contributed by atoms with Crippen LogP contribution in [0.15, 0.2) is 23.3 Å². The van der Waals surface area contributed by atoms with Crippen LogP contribution in [0.3, 0.4) is 0 Å². The van der Waals surface area contributed by atoms with Crippen LogP contribution in [0.5, 0.6) is 0 Å². The molecule has 2 saturated carbocycles. The Labute approximate surface area is 253 Å². The van der Waals surface area contributed by atoms with E-state index in [9.17, 15) is 24.6 Å². The first kappa shape index (κ1) is 33.1. The molecule has 0 bridgehead atoms. The van der Waals surface area contributed by atoms with E-state index in [2.05, 4.69) is 20.8 Å². The smallest absolute Gasteiger partial charge is 0.306 e. The van der Waals surface area contributed by atoms with Gasteiger partial charge in [0.15, 0.2) is 5.78 Å². The number of fused-ring (bicyclic) bond motifs is 5. The van der Waals surface area contributed by atoms with Crippen LogP contribution in [0.25, 0.3) is 0 Å². The van der Waals surface area contributed by atoms with Crippen molar-refractivity contribution in [3.63, 3.8) is 0 Å². The maximum Gasteiger partial charge on any atom is 0.306 e. The summed E-state index contributed by atoms with van der Waals surface area (Å²) in [4.78, 5) is 38.2. The van der Waals surface area contributed by atoms with Crippen LogP contribution in [0.4, 0.5) is 0 Å². The molecule has 6 nitrogen and oxygen atoms in total. The lowest BCUT2D eigenvalue weighted by Gasteiger charge is -2.50. The molecule has 7 atom stereocenters. The number of unbranched alkanes of at least 4 members (excludes halogenated alkanes) is 12. The van der Waals surface area contributed by atoms with Crippen molar-refractivity contribution in [3.8, 4) is 0 Å². The molecule has 0 spiro atoms. The Morgan fingerprint density at radius 1 is 0.952 bits per heavy atom. The molecule has 0 heterocycles. The Kier molecular flexibility index (Phi) is 10.3. The van der Waals surface area contributed by atoms with Crippen molar-refractivity contribution in [3.05, 3.63) is 23.3 Å². The molecule has 236 valence electrons. The fourth-order valence-electron chi connectivity index (χ4n) is 9.05. The number of ketones is 1. The fraction of sp³-hybridized carbons (Fsp3) is 0.806. The standard InChI is InChI=1S/C36H56O6/c1-6-7-8-9-10-11-12-13-14-15-16-17-18-19-30(38)42-35-22-26(3)36(41)28(31(35)33(35,4)5)21-27(24-37)23-34(40)29(36)20-25(2)32(34)39/h20-21,24,26,28-29,31,40-41H,6-19,22-23H2,1-5H3. The van der Waals surface area contributed by atoms with Crippen LogP contribution in [0.2, 0.25) is 0 Å². The van der Waals surface area contributed by atoms with Gasteiger partial charge in [0, 0.05) is 36.0 Å². The van der Waals surface area contributed by atoms with Crippen molar-refractivity contribution in [1.29, 1.82) is 0 Å². The summed E-state index contributed by atoms with van der Waals surface area (Å²) < 4.78 is 6.32. The molecule has 0 aliphatic heterocycles. The summed E-state index contributed by atoms with van der Waals surface area (Å²) in [5.41, 5.74) is -3.66. The molecule has 0 aromatic carbocycles. The van der Waals surface area contributed by atoms with Crippen molar-refractivity contribution in [2.75, 3.05) is 0 Å². The van der Waals surface area contributed by atoms with Crippen LogP contribution in [0.1, 0.15) is 137 Å². The summed E-state index contributed by atoms with van der Waals surface area (Å²) in [5.74, 6) is -2.51. The molecular weight excluding hydrogens is 528 g/mol. The third-order valence-corrected chi connectivity index (χ3v) is 11.6. The number of carbonyl (C=O) groups excluding carboxylic acids is 3. The molecule has 4 rings (SSSR count). The molecule has 42 heavy (non-hydrogen) atoms. The van der Waals surface area contributed by atoms with E-state index in [1.54, 1.807) is 19.1 Å². The first-order valence-electron chi connectivity index (χ1n) is 17.0. The fourth-order valence-corrected chi connectivity index (χ4v) is 9.05. The van der Waals surface area contributed by atoms with Crippen molar-refractivity contribution < 1.29 is 29.3 Å². The lowest BCUT2D eigenvalue weighted by molar-refractivity contribution is -0.187. The summed E-state index contributed by atoms with van der Waals surface area (Å²) in [6.45, 7) is 9.98. The number of aldehydes is 1. The molecule has 2 N–H and O–H groups in total. The van der Waals surface area contributed by atoms with Crippen molar-refractivity contribution in [2.45, 2.75) is 154 Å². The number of ether oxygens (including phenoxy) is 1. The van der Waals surface area contributed by atoms with Gasteiger partial charge < -0.3 is 14.9 Å². The molecule has 4 aliphatic carbocycles. The van der Waals surface area contributed by atoms with E-state index in [1.807, 2.05) is 6.92 Å². The molecule has 0 aromatic heterocycles. The van der Waals surface area contributed by atoms with Gasteiger partial charge in [0.25, 0.3) is 0 Å². The van der Waals surface area contributed by atoms with Crippen LogP contribution >= 0.6 is 0 Å². The zero-order chi connectivity index (χ0) is 30.8. The Hall–Kier alpha value is -1.79. The van der Waals surface area contributed by atoms with Crippen molar-refractivity contribution in [1.82, 2.24) is 0 Å². The van der Waals surface area contributed by atoms with Crippen molar-refractivity contribution >= 4 is 18.0 Å². The third kappa shape index (κ3) is 5.84. The van der Waals surface area contributed by atoms with Gasteiger partial charge in [-0.15, -0.1) is 0 Å². The van der Waals surface area contributed by atoms with Gasteiger partial charge >= 0.3 is 5.97 Å². The van der Waals surface area contributed by atoms with Crippen LogP contribution < -0.4 is 0 Å². The topological polar surface area (TPSA) is 101 Å². The highest BCUT2D eigenvalue weighted by molar-refractivity contribution is 6.05. The SMILES string of the molecule is CCCCCCCCCCCCCCCC(=O)OC12CC(C)C3(O)C(C=C(C=O)CC4(O)C(=O)C(C)=CC43)C1C2(C)C. The van der Waals surface area contributed by atoms with E-state index in [0.29, 0.717) is 30.3 Å². The second-order valence-corrected chi connectivity index (χ2v) is 14.7. The summed E-state index contributed by atoms with van der Waals surface area (Å²) in [6, 6.07) is 0. The molecular formula is C36H56O6. The summed E-state index contributed by atoms with van der Waals surface area (Å²) in [5, 5.41) is 24.0. The Morgan fingerprint density at radius 2 is 1.50 bits per heavy atom. The van der Waals surface area contributed by atoms with Gasteiger partial charge in [0.2, 0.25) is 0 Å². The average molecular weight is 585 g/mol. The maximum atomic E-state index is 13.1. The number of Topliss-reactive ketones (excluding diaryl/α,β-unsaturated/α-hetero) is 1. The number of hydrogen-bond acceptors (Lipinski definition) is 6. The van der Waals surface area contributed by atoms with Gasteiger partial charge in [-0.1, -0.05) is 117 Å². The summed E-state index contributed by atoms with van der Waals surface area (Å²) >= 11 is 0. The molecule has 4 aliphatic rings. The van der Waals surface area contributed by atoms with Gasteiger partial charge in [0.05, 0.1) is 5.60 Å². The number of aliphatic hydroxyl groups is 2. The second kappa shape index (κ2) is 13.1. The molecule has 0 amide bonds. The average Bonchev–Trinajstić information content (AvgIpc) is 3.34. The molecule has 7 unspecified atom stereocenters. The Bertz CT molecular complexity index is 1070. The zero-order valence-electron chi connectivity index (χ0n) is 26.9. The largest absolute Gasteiger partial charge is 0.458 e. The minimum atomic E-state index is -1.83. The van der Waals surface area contributed by atoms with E-state index >= 15 is 0 Å². The van der Waals surface area contributed by atoms with Gasteiger partial charge in [0.1, 0.15) is 17.5 Å². The van der Waals surface area contributed by atoms with Crippen molar-refractivity contribution in [2.24, 2.45) is 29.1 Å². The quantitative estimate of drug-likeness (QED) is 0.113. The first-order chi connectivity index (χ1) is 19.9. The Balaban J connectivity index is 1.30. The lowest BCUT2D eigenvalue weighted by atomic mass is 9.60. The first-order valence-corrected chi connectivity index (χ1v) is 17.0. The highest BCUT2D eigenvalue weighted by Gasteiger charge is 2.83. The van der Waals surface area contributed by atoms with E-state index in [1.165, 1.54) is 64.2 Å². The van der Waals surface area contributed by atoms with Crippen LogP contribution in [0, 0.1) is 29.1 Å². The lowest BCUT2D eigenvalue weighted by Crippen LogP contribution is -2.61. The molecule has 0 saturated heterocycles. The minimum Gasteiger partial charge on any atom is -0.458 e. The van der Waals surface area contributed by atoms with E-state index < -0.39 is 39.8 Å². The summed E-state index contributed by atoms with van der Waals surface area (Å²) in [7, 11) is 0. The summed E-state index contributed by atoms with van der Waals surface area (Å²) in [6.07, 6.45) is 21.2. The van der Waals surface area contributed by atoms with Gasteiger partial charge in [-0.3, -0.25) is 14.4 Å². The zero-order valence-corrected chi connectivity index (χ0v) is 26.9. The number of rotatable bonds is 16. The number of carbonyl (C=O) groups is 3. The number of hydrogen-bond donors (Lipinski definition) is 2. The third-order valence-electron chi connectivity index (χ3n) is 11.6. The molecule has 0 radical (unpaired) electrons. The monoisotopic (exact) mass is 584 g/mol. The van der Waals surface area contributed by atoms with Gasteiger partial charge in [-0.25, -0.2) is 0 Å². The highest BCUT2D eigenvalue weighted by atomic mass is 16.6.